The Morgan fingerprint density at radius 2 is 2.57 bits per heavy atom. The van der Waals surface area contributed by atoms with E-state index in [0.29, 0.717) is 6.04 Å². The van der Waals surface area contributed by atoms with Crippen molar-refractivity contribution in [1.82, 2.24) is 10.6 Å². The number of carbonyl (C=O) groups excluding carboxylic acids is 1. The summed E-state index contributed by atoms with van der Waals surface area (Å²) in [4.78, 5) is 10.2. The van der Waals surface area contributed by atoms with E-state index >= 15 is 0 Å². The Morgan fingerprint density at radius 1 is 1.86 bits per heavy atom. The van der Waals surface area contributed by atoms with Crippen molar-refractivity contribution in [2.75, 3.05) is 6.54 Å². The molecule has 3 heteroatoms. The van der Waals surface area contributed by atoms with Gasteiger partial charge in [-0.25, -0.2) is 4.79 Å². The normalized spacial score (nSPS) is 29.3. The SMILES string of the molecule is C[C@H]1CNC(=O)N1. The molecule has 0 spiro atoms. The fraction of sp³-hybridized carbons (Fsp3) is 0.750. The fourth-order valence-electron chi connectivity index (χ4n) is 0.572. The van der Waals surface area contributed by atoms with Crippen molar-refractivity contribution in [2.45, 2.75) is 13.0 Å². The molecule has 1 saturated heterocycles. The Bertz CT molecular complexity index is 91.7. The molecule has 1 heterocycles. The molecule has 1 aliphatic rings. The number of rotatable bonds is 0. The summed E-state index contributed by atoms with van der Waals surface area (Å²) in [6, 6.07) is 0.264. The number of hydrogen-bond acceptors (Lipinski definition) is 1. The maximum atomic E-state index is 10.2. The predicted molar refractivity (Wildman–Crippen MR) is 26.0 cm³/mol. The van der Waals surface area contributed by atoms with E-state index in [2.05, 4.69) is 10.6 Å². The number of carbonyl (C=O) groups is 1. The van der Waals surface area contributed by atoms with E-state index in [1.807, 2.05) is 6.92 Å². The van der Waals surface area contributed by atoms with E-state index < -0.39 is 0 Å². The van der Waals surface area contributed by atoms with Crippen LogP contribution in [-0.4, -0.2) is 18.6 Å². The molecule has 3 nitrogen and oxygen atoms in total. The third kappa shape index (κ3) is 0.824. The number of nitrogens with one attached hydrogen (secondary N) is 2. The first-order valence-corrected chi connectivity index (χ1v) is 2.33. The second kappa shape index (κ2) is 1.40. The summed E-state index contributed by atoms with van der Waals surface area (Å²) in [6.07, 6.45) is 0. The van der Waals surface area contributed by atoms with E-state index in [1.54, 1.807) is 0 Å². The summed E-state index contributed by atoms with van der Waals surface area (Å²) in [5.41, 5.74) is 0. The van der Waals surface area contributed by atoms with Gasteiger partial charge in [-0.2, -0.15) is 0 Å². The average molecular weight is 100 g/mol. The van der Waals surface area contributed by atoms with Gasteiger partial charge in [0.1, 0.15) is 0 Å². The molecule has 40 valence electrons. The molecule has 1 aliphatic heterocycles. The Morgan fingerprint density at radius 3 is 2.71 bits per heavy atom. The lowest BCUT2D eigenvalue weighted by Crippen LogP contribution is -2.23. The largest absolute Gasteiger partial charge is 0.336 e. The molecule has 0 aromatic rings. The third-order valence-corrected chi connectivity index (χ3v) is 0.946. The quantitative estimate of drug-likeness (QED) is 0.430. The summed E-state index contributed by atoms with van der Waals surface area (Å²) in [6.45, 7) is 2.72. The van der Waals surface area contributed by atoms with Crippen molar-refractivity contribution < 1.29 is 4.79 Å². The molecular formula is C4H8N2O. The number of hydrogen-bond donors (Lipinski definition) is 2. The van der Waals surface area contributed by atoms with Gasteiger partial charge in [-0.05, 0) is 6.92 Å². The van der Waals surface area contributed by atoms with Crippen molar-refractivity contribution in [3.05, 3.63) is 0 Å². The summed E-state index contributed by atoms with van der Waals surface area (Å²) < 4.78 is 0. The Hall–Kier alpha value is -0.730. The molecule has 2 amide bonds. The van der Waals surface area contributed by atoms with Gasteiger partial charge in [0.2, 0.25) is 0 Å². The molecule has 0 aliphatic carbocycles. The molecule has 1 rings (SSSR count). The molecule has 0 aromatic heterocycles. The van der Waals surface area contributed by atoms with Gasteiger partial charge < -0.3 is 10.6 Å². The summed E-state index contributed by atoms with van der Waals surface area (Å²) in [7, 11) is 0. The smallest absolute Gasteiger partial charge is 0.315 e. The van der Waals surface area contributed by atoms with Gasteiger partial charge in [-0.3, -0.25) is 0 Å². The van der Waals surface area contributed by atoms with E-state index in [4.69, 9.17) is 0 Å². The third-order valence-electron chi connectivity index (χ3n) is 0.946. The minimum atomic E-state index is -0.0486. The highest BCUT2D eigenvalue weighted by Crippen LogP contribution is 1.84. The van der Waals surface area contributed by atoms with Crippen LogP contribution in [0.2, 0.25) is 0 Å². The van der Waals surface area contributed by atoms with Gasteiger partial charge >= 0.3 is 6.03 Å². The molecule has 0 unspecified atom stereocenters. The van der Waals surface area contributed by atoms with Gasteiger partial charge in [0, 0.05) is 12.6 Å². The van der Waals surface area contributed by atoms with Crippen LogP contribution in [0.3, 0.4) is 0 Å². The summed E-state index contributed by atoms with van der Waals surface area (Å²) in [5, 5.41) is 5.29. The topological polar surface area (TPSA) is 41.1 Å². The van der Waals surface area contributed by atoms with Gasteiger partial charge in [0.25, 0.3) is 0 Å². The van der Waals surface area contributed by atoms with Crippen molar-refractivity contribution >= 4 is 6.03 Å². The van der Waals surface area contributed by atoms with E-state index in [-0.39, 0.29) is 6.03 Å². The second-order valence-electron chi connectivity index (χ2n) is 1.76. The van der Waals surface area contributed by atoms with Crippen LogP contribution in [0.4, 0.5) is 4.79 Å². The van der Waals surface area contributed by atoms with Crippen molar-refractivity contribution in [3.8, 4) is 0 Å². The molecular weight excluding hydrogens is 92.1 g/mol. The van der Waals surface area contributed by atoms with Gasteiger partial charge in [-0.1, -0.05) is 0 Å². The molecule has 1 fully saturated rings. The van der Waals surface area contributed by atoms with Crippen LogP contribution < -0.4 is 10.6 Å². The zero-order valence-corrected chi connectivity index (χ0v) is 4.19. The molecule has 0 saturated carbocycles. The highest BCUT2D eigenvalue weighted by atomic mass is 16.2. The lowest BCUT2D eigenvalue weighted by atomic mass is 10.4. The first kappa shape index (κ1) is 4.43. The zero-order chi connectivity index (χ0) is 5.28. The lowest BCUT2D eigenvalue weighted by Gasteiger charge is -1.92. The van der Waals surface area contributed by atoms with Crippen LogP contribution in [0.5, 0.6) is 0 Å². The first-order chi connectivity index (χ1) is 3.29. The highest BCUT2D eigenvalue weighted by molar-refractivity contribution is 5.76. The first-order valence-electron chi connectivity index (χ1n) is 2.33. The standard InChI is InChI=1S/C4H8N2O/c1-3-2-5-4(7)6-3/h3H,2H2,1H3,(H2,5,6,7)/t3-/m0/s1. The number of amides is 2. The lowest BCUT2D eigenvalue weighted by molar-refractivity contribution is 0.247. The van der Waals surface area contributed by atoms with Crippen LogP contribution >= 0.6 is 0 Å². The summed E-state index contributed by atoms with van der Waals surface area (Å²) in [5.74, 6) is 0. The molecule has 1 atom stereocenters. The molecule has 7 heavy (non-hydrogen) atoms. The van der Waals surface area contributed by atoms with Crippen LogP contribution in [0.15, 0.2) is 0 Å². The molecule has 2 N–H and O–H groups in total. The minimum absolute atomic E-state index is 0.0486. The van der Waals surface area contributed by atoms with Crippen molar-refractivity contribution in [1.29, 1.82) is 0 Å². The second-order valence-corrected chi connectivity index (χ2v) is 1.76. The van der Waals surface area contributed by atoms with E-state index in [1.165, 1.54) is 0 Å². The number of urea groups is 1. The van der Waals surface area contributed by atoms with Crippen molar-refractivity contribution in [3.63, 3.8) is 0 Å². The van der Waals surface area contributed by atoms with Gasteiger partial charge in [0.05, 0.1) is 0 Å². The zero-order valence-electron chi connectivity index (χ0n) is 4.19. The average Bonchev–Trinajstić information content (AvgIpc) is 1.87. The maximum absolute atomic E-state index is 10.2. The van der Waals surface area contributed by atoms with Crippen LogP contribution in [0.25, 0.3) is 0 Å². The Kier molecular flexibility index (Phi) is 0.889. The van der Waals surface area contributed by atoms with Crippen LogP contribution in [-0.2, 0) is 0 Å². The predicted octanol–water partition coefficient (Wildman–Crippen LogP) is -0.312. The van der Waals surface area contributed by atoms with Gasteiger partial charge in [0.15, 0.2) is 0 Å². The van der Waals surface area contributed by atoms with Crippen LogP contribution in [0, 0.1) is 0 Å². The summed E-state index contributed by atoms with van der Waals surface area (Å²) >= 11 is 0. The molecule has 0 aromatic carbocycles. The monoisotopic (exact) mass is 100 g/mol. The van der Waals surface area contributed by atoms with Crippen LogP contribution in [0.1, 0.15) is 6.92 Å². The van der Waals surface area contributed by atoms with Crippen molar-refractivity contribution in [2.24, 2.45) is 0 Å². The van der Waals surface area contributed by atoms with E-state index in [9.17, 15) is 4.79 Å². The molecule has 0 radical (unpaired) electrons. The van der Waals surface area contributed by atoms with E-state index in [0.717, 1.165) is 6.54 Å². The fourth-order valence-corrected chi connectivity index (χ4v) is 0.572. The highest BCUT2D eigenvalue weighted by Gasteiger charge is 2.13. The Labute approximate surface area is 42.1 Å². The Balaban J connectivity index is 2.40. The maximum Gasteiger partial charge on any atom is 0.315 e. The van der Waals surface area contributed by atoms with Gasteiger partial charge in [-0.15, -0.1) is 0 Å². The molecule has 0 bridgehead atoms. The minimum Gasteiger partial charge on any atom is -0.336 e.